The largest absolute Gasteiger partial charge is 0.266 e. The smallest absolute Gasteiger partial charge is 0.174 e. The van der Waals surface area contributed by atoms with Crippen LogP contribution in [0.15, 0.2) is 61.2 Å². The molecule has 1 aliphatic carbocycles. The zero-order chi connectivity index (χ0) is 19.4. The molecule has 3 rings (SSSR count). The monoisotopic (exact) mass is 366 g/mol. The molecule has 0 unspecified atom stereocenters. The van der Waals surface area contributed by atoms with E-state index in [1.165, 1.54) is 33.4 Å². The SMILES string of the molecule is C=CCCCC1(CCCC=C(F)F)c2cc(C)ccc2-c2ccc(C)cc21. The molecular formula is C25H28F2. The Hall–Kier alpha value is -2.22. The molecule has 0 atom stereocenters. The standard InChI is InChI=1S/C25H28F2/c1-4-5-7-14-25(15-8-6-9-24(26)27)22-16-18(2)10-12-20(22)21-13-11-19(3)17-23(21)25/h4,9-13,16-17H,1,5-8,14-15H2,2-3H3. The van der Waals surface area contributed by atoms with E-state index in [4.69, 9.17) is 0 Å². The Morgan fingerprint density at radius 2 is 1.41 bits per heavy atom. The van der Waals surface area contributed by atoms with E-state index in [0.29, 0.717) is 6.42 Å². The molecule has 0 bridgehead atoms. The summed E-state index contributed by atoms with van der Waals surface area (Å²) >= 11 is 0. The third kappa shape index (κ3) is 3.90. The van der Waals surface area contributed by atoms with Crippen LogP contribution in [0.3, 0.4) is 0 Å². The molecule has 0 amide bonds. The lowest BCUT2D eigenvalue weighted by Gasteiger charge is -2.33. The third-order valence-corrected chi connectivity index (χ3v) is 5.79. The van der Waals surface area contributed by atoms with Gasteiger partial charge in [-0.15, -0.1) is 6.58 Å². The summed E-state index contributed by atoms with van der Waals surface area (Å²) in [5.74, 6) is 0. The molecular weight excluding hydrogens is 338 g/mol. The molecule has 0 heterocycles. The van der Waals surface area contributed by atoms with Crippen LogP contribution in [0.4, 0.5) is 8.78 Å². The van der Waals surface area contributed by atoms with Crippen LogP contribution in [0, 0.1) is 13.8 Å². The number of allylic oxidation sites excluding steroid dienone is 2. The van der Waals surface area contributed by atoms with Crippen molar-refractivity contribution in [2.24, 2.45) is 0 Å². The van der Waals surface area contributed by atoms with Gasteiger partial charge in [0.15, 0.2) is 0 Å². The Morgan fingerprint density at radius 3 is 1.89 bits per heavy atom. The minimum absolute atomic E-state index is 0.0909. The lowest BCUT2D eigenvalue weighted by Crippen LogP contribution is -2.25. The second-order valence-corrected chi connectivity index (χ2v) is 7.75. The second kappa shape index (κ2) is 8.21. The Labute approximate surface area is 161 Å². The highest BCUT2D eigenvalue weighted by atomic mass is 19.3. The maximum atomic E-state index is 12.5. The quantitative estimate of drug-likeness (QED) is 0.329. The summed E-state index contributed by atoms with van der Waals surface area (Å²) in [5, 5.41) is 0. The Bertz CT molecular complexity index is 805. The van der Waals surface area contributed by atoms with Crippen LogP contribution in [0.5, 0.6) is 0 Å². The normalized spacial score (nSPS) is 13.8. The minimum Gasteiger partial charge on any atom is -0.174 e. The first-order chi connectivity index (χ1) is 13.0. The lowest BCUT2D eigenvalue weighted by molar-refractivity contribution is 0.404. The average molecular weight is 366 g/mol. The van der Waals surface area contributed by atoms with Gasteiger partial charge >= 0.3 is 0 Å². The van der Waals surface area contributed by atoms with Crippen LogP contribution in [0.25, 0.3) is 11.1 Å². The van der Waals surface area contributed by atoms with E-state index in [9.17, 15) is 8.78 Å². The summed E-state index contributed by atoms with van der Waals surface area (Å²) in [6.45, 7) is 8.13. The first-order valence-corrected chi connectivity index (χ1v) is 9.82. The minimum atomic E-state index is -1.57. The molecule has 0 fully saturated rings. The highest BCUT2D eigenvalue weighted by Crippen LogP contribution is 2.54. The summed E-state index contributed by atoms with van der Waals surface area (Å²) in [7, 11) is 0. The first kappa shape index (κ1) is 19.5. The van der Waals surface area contributed by atoms with Crippen molar-refractivity contribution >= 4 is 0 Å². The Morgan fingerprint density at radius 1 is 0.889 bits per heavy atom. The number of hydrogen-bond acceptors (Lipinski definition) is 0. The topological polar surface area (TPSA) is 0 Å². The predicted octanol–water partition coefficient (Wildman–Crippen LogP) is 7.88. The van der Waals surface area contributed by atoms with Crippen LogP contribution >= 0.6 is 0 Å². The number of benzene rings is 2. The average Bonchev–Trinajstić information content (AvgIpc) is 2.88. The molecule has 0 aromatic heterocycles. The number of fused-ring (bicyclic) bond motifs is 3. The molecule has 0 N–H and O–H groups in total. The molecule has 2 aromatic rings. The second-order valence-electron chi connectivity index (χ2n) is 7.75. The first-order valence-electron chi connectivity index (χ1n) is 9.82. The van der Waals surface area contributed by atoms with Gasteiger partial charge in [0.25, 0.3) is 6.08 Å². The van der Waals surface area contributed by atoms with Crippen molar-refractivity contribution in [2.45, 2.75) is 57.8 Å². The molecule has 1 aliphatic rings. The van der Waals surface area contributed by atoms with E-state index in [1.54, 1.807) is 0 Å². The highest BCUT2D eigenvalue weighted by molar-refractivity contribution is 5.81. The van der Waals surface area contributed by atoms with E-state index in [2.05, 4.69) is 56.8 Å². The molecule has 0 spiro atoms. The van der Waals surface area contributed by atoms with Crippen LogP contribution in [0.1, 0.15) is 60.8 Å². The van der Waals surface area contributed by atoms with E-state index >= 15 is 0 Å². The molecule has 0 saturated heterocycles. The maximum Gasteiger partial charge on any atom is 0.266 e. The Kier molecular flexibility index (Phi) is 5.94. The van der Waals surface area contributed by atoms with Crippen molar-refractivity contribution < 1.29 is 8.78 Å². The van der Waals surface area contributed by atoms with Gasteiger partial charge in [-0.2, -0.15) is 8.78 Å². The van der Waals surface area contributed by atoms with Gasteiger partial charge < -0.3 is 0 Å². The highest BCUT2D eigenvalue weighted by Gasteiger charge is 2.42. The van der Waals surface area contributed by atoms with Crippen molar-refractivity contribution in [3.05, 3.63) is 83.5 Å². The van der Waals surface area contributed by atoms with Gasteiger partial charge in [-0.05, 0) is 80.7 Å². The molecule has 0 aliphatic heterocycles. The number of hydrogen-bond donors (Lipinski definition) is 0. The van der Waals surface area contributed by atoms with Crippen LogP contribution in [-0.4, -0.2) is 0 Å². The summed E-state index contributed by atoms with van der Waals surface area (Å²) in [6, 6.07) is 13.4. The number of rotatable bonds is 8. The predicted molar refractivity (Wildman–Crippen MR) is 110 cm³/mol. The van der Waals surface area contributed by atoms with Gasteiger partial charge in [-0.1, -0.05) is 53.6 Å². The van der Waals surface area contributed by atoms with Crippen molar-refractivity contribution in [1.82, 2.24) is 0 Å². The zero-order valence-electron chi connectivity index (χ0n) is 16.3. The Balaban J connectivity index is 2.08. The van der Waals surface area contributed by atoms with Gasteiger partial charge in [0.2, 0.25) is 0 Å². The van der Waals surface area contributed by atoms with Gasteiger partial charge in [-0.25, -0.2) is 0 Å². The maximum absolute atomic E-state index is 12.5. The van der Waals surface area contributed by atoms with E-state index in [1.807, 2.05) is 6.08 Å². The summed E-state index contributed by atoms with van der Waals surface area (Å²) in [4.78, 5) is 0. The molecule has 2 aromatic carbocycles. The molecule has 0 saturated carbocycles. The van der Waals surface area contributed by atoms with Crippen LogP contribution in [0.2, 0.25) is 0 Å². The molecule has 27 heavy (non-hydrogen) atoms. The number of halogens is 2. The van der Waals surface area contributed by atoms with Crippen LogP contribution < -0.4 is 0 Å². The van der Waals surface area contributed by atoms with Crippen LogP contribution in [-0.2, 0) is 5.41 Å². The molecule has 0 nitrogen and oxygen atoms in total. The van der Waals surface area contributed by atoms with Gasteiger partial charge in [0.05, 0.1) is 0 Å². The van der Waals surface area contributed by atoms with Crippen molar-refractivity contribution in [2.75, 3.05) is 0 Å². The van der Waals surface area contributed by atoms with Crippen molar-refractivity contribution in [3.8, 4) is 11.1 Å². The van der Waals surface area contributed by atoms with Gasteiger partial charge in [0, 0.05) is 5.41 Å². The fourth-order valence-corrected chi connectivity index (χ4v) is 4.55. The molecule has 2 heteroatoms. The number of unbranched alkanes of at least 4 members (excludes halogenated alkanes) is 2. The van der Waals surface area contributed by atoms with Gasteiger partial charge in [-0.3, -0.25) is 0 Å². The van der Waals surface area contributed by atoms with E-state index in [0.717, 1.165) is 38.2 Å². The van der Waals surface area contributed by atoms with Crippen molar-refractivity contribution in [3.63, 3.8) is 0 Å². The number of aryl methyl sites for hydroxylation is 2. The summed E-state index contributed by atoms with van der Waals surface area (Å²) in [5.41, 5.74) is 7.77. The lowest BCUT2D eigenvalue weighted by atomic mass is 9.70. The van der Waals surface area contributed by atoms with Gasteiger partial charge in [0.1, 0.15) is 0 Å². The summed E-state index contributed by atoms with van der Waals surface area (Å²) in [6.07, 6.45) is 6.57. The molecule has 0 radical (unpaired) electrons. The summed E-state index contributed by atoms with van der Waals surface area (Å²) < 4.78 is 25.0. The van der Waals surface area contributed by atoms with E-state index < -0.39 is 6.08 Å². The fraction of sp³-hybridized carbons (Fsp3) is 0.360. The zero-order valence-corrected chi connectivity index (χ0v) is 16.3. The van der Waals surface area contributed by atoms with E-state index in [-0.39, 0.29) is 5.41 Å². The van der Waals surface area contributed by atoms with Crippen molar-refractivity contribution in [1.29, 1.82) is 0 Å². The fourth-order valence-electron chi connectivity index (χ4n) is 4.55. The third-order valence-electron chi connectivity index (χ3n) is 5.79. The molecule has 142 valence electrons.